The number of thiazole rings is 1. The van der Waals surface area contributed by atoms with Crippen LogP contribution >= 0.6 is 22.9 Å². The van der Waals surface area contributed by atoms with Gasteiger partial charge in [-0.1, -0.05) is 29.9 Å². The van der Waals surface area contributed by atoms with E-state index in [4.69, 9.17) is 11.6 Å². The number of hydrogen-bond donors (Lipinski definition) is 2. The number of carbonyl (C=O) groups excluding carboxylic acids is 1. The number of carboxylic acid groups (broad SMARTS) is 1. The number of hydrogen-bond acceptors (Lipinski definition) is 8. The van der Waals surface area contributed by atoms with Crippen LogP contribution in [0.15, 0.2) is 6.33 Å². The van der Waals surface area contributed by atoms with Crippen LogP contribution in [0.25, 0.3) is 11.5 Å². The number of aromatic carboxylic acids is 1. The molecule has 0 radical (unpaired) electrons. The van der Waals surface area contributed by atoms with E-state index in [2.05, 4.69) is 31.9 Å². The molecule has 0 unspecified atom stereocenters. The number of carbonyl (C=O) groups is 2. The summed E-state index contributed by atoms with van der Waals surface area (Å²) in [4.78, 5) is 38.5. The molecule has 4 heterocycles. The van der Waals surface area contributed by atoms with Gasteiger partial charge in [-0.2, -0.15) is 10.4 Å². The minimum absolute atomic E-state index is 0.120. The van der Waals surface area contributed by atoms with E-state index in [9.17, 15) is 20.0 Å². The molecule has 3 aromatic rings. The normalized spacial score (nSPS) is 18.3. The summed E-state index contributed by atoms with van der Waals surface area (Å²) < 4.78 is 1.50. The number of aryl methyl sites for hydroxylation is 2. The predicted octanol–water partition coefficient (Wildman–Crippen LogP) is 3.53. The summed E-state index contributed by atoms with van der Waals surface area (Å²) in [7, 11) is 1.69. The van der Waals surface area contributed by atoms with Gasteiger partial charge in [0.15, 0.2) is 16.7 Å². The van der Waals surface area contributed by atoms with E-state index < -0.39 is 5.97 Å². The SMILES string of the molecule is Cc1[nH]c(C(=O)C[C@@H]2CCN(c3nc(-c4ncnn4C)c(C(=O)O)s3)C[C@@H]2C)c(C#N)c1Cl. The van der Waals surface area contributed by atoms with Gasteiger partial charge < -0.3 is 15.0 Å². The highest BCUT2D eigenvalue weighted by molar-refractivity contribution is 7.17. The Bertz CT molecular complexity index is 1270. The number of aromatic nitrogens is 5. The second-order valence-corrected chi connectivity index (χ2v) is 9.57. The Kier molecular flexibility index (Phi) is 6.23. The van der Waals surface area contributed by atoms with Crippen LogP contribution < -0.4 is 4.90 Å². The van der Waals surface area contributed by atoms with Crippen molar-refractivity contribution >= 4 is 39.8 Å². The van der Waals surface area contributed by atoms with Crippen molar-refractivity contribution in [3.63, 3.8) is 0 Å². The summed E-state index contributed by atoms with van der Waals surface area (Å²) in [5.41, 5.74) is 1.38. The molecule has 1 aliphatic rings. The highest BCUT2D eigenvalue weighted by atomic mass is 35.5. The fourth-order valence-electron chi connectivity index (χ4n) is 4.18. The summed E-state index contributed by atoms with van der Waals surface area (Å²) in [5, 5.41) is 23.9. The maximum Gasteiger partial charge on any atom is 0.348 e. The maximum absolute atomic E-state index is 12.9. The van der Waals surface area contributed by atoms with E-state index in [-0.39, 0.29) is 33.8 Å². The first kappa shape index (κ1) is 22.9. The van der Waals surface area contributed by atoms with E-state index in [0.29, 0.717) is 46.9 Å². The van der Waals surface area contributed by atoms with Gasteiger partial charge in [0.1, 0.15) is 28.7 Å². The molecule has 172 valence electrons. The molecule has 2 N–H and O–H groups in total. The molecule has 0 aromatic carbocycles. The number of halogens is 1. The largest absolute Gasteiger partial charge is 0.477 e. The zero-order chi connectivity index (χ0) is 23.9. The van der Waals surface area contributed by atoms with E-state index in [1.54, 1.807) is 14.0 Å². The Labute approximate surface area is 198 Å². The lowest BCUT2D eigenvalue weighted by molar-refractivity contribution is 0.0702. The molecule has 0 amide bonds. The zero-order valence-electron chi connectivity index (χ0n) is 18.3. The third kappa shape index (κ3) is 4.24. The van der Waals surface area contributed by atoms with Gasteiger partial charge in [0, 0.05) is 32.3 Å². The fraction of sp³-hybridized carbons (Fsp3) is 0.429. The minimum Gasteiger partial charge on any atom is -0.477 e. The van der Waals surface area contributed by atoms with Crippen molar-refractivity contribution in [2.75, 3.05) is 18.0 Å². The lowest BCUT2D eigenvalue weighted by Gasteiger charge is -2.36. The van der Waals surface area contributed by atoms with E-state index in [0.717, 1.165) is 17.8 Å². The highest BCUT2D eigenvalue weighted by Gasteiger charge is 2.32. The molecular formula is C21H22ClN7O3S. The fourth-order valence-corrected chi connectivity index (χ4v) is 5.30. The van der Waals surface area contributed by atoms with Crippen LogP contribution in [-0.2, 0) is 7.05 Å². The third-order valence-electron chi connectivity index (χ3n) is 6.04. The van der Waals surface area contributed by atoms with Crippen LogP contribution in [0.1, 0.15) is 51.2 Å². The van der Waals surface area contributed by atoms with E-state index in [1.807, 2.05) is 6.07 Å². The molecule has 0 saturated carbocycles. The van der Waals surface area contributed by atoms with Gasteiger partial charge in [0.25, 0.3) is 0 Å². The van der Waals surface area contributed by atoms with Crippen molar-refractivity contribution < 1.29 is 14.7 Å². The Balaban J connectivity index is 1.50. The first-order valence-electron chi connectivity index (χ1n) is 10.4. The smallest absolute Gasteiger partial charge is 0.348 e. The number of piperidine rings is 1. The second kappa shape index (κ2) is 8.96. The van der Waals surface area contributed by atoms with Gasteiger partial charge in [-0.25, -0.2) is 19.4 Å². The molecule has 0 spiro atoms. The Morgan fingerprint density at radius 1 is 1.45 bits per heavy atom. The molecule has 2 atom stereocenters. The number of nitriles is 1. The number of anilines is 1. The molecule has 1 saturated heterocycles. The number of nitrogens with one attached hydrogen (secondary N) is 1. The molecule has 0 bridgehead atoms. The number of aromatic amines is 1. The quantitative estimate of drug-likeness (QED) is 0.503. The second-order valence-electron chi connectivity index (χ2n) is 8.21. The standard InChI is InChI=1S/C21H22ClN7O3S/c1-10-8-29(21-27-17(18(33-21)20(31)32)19-24-9-25-28(19)3)5-4-12(10)6-14(30)16-13(7-23)15(22)11(2)26-16/h9-10,12,26H,4-6,8H2,1-3H3,(H,31,32)/t10-,12-/m0/s1. The van der Waals surface area contributed by atoms with Crippen LogP contribution in [0, 0.1) is 30.1 Å². The van der Waals surface area contributed by atoms with Gasteiger partial charge in [-0.05, 0) is 25.2 Å². The average molecular weight is 488 g/mol. The monoisotopic (exact) mass is 487 g/mol. The van der Waals surface area contributed by atoms with Crippen molar-refractivity contribution in [1.29, 1.82) is 5.26 Å². The van der Waals surface area contributed by atoms with Gasteiger partial charge >= 0.3 is 5.97 Å². The van der Waals surface area contributed by atoms with Crippen LogP contribution in [0.5, 0.6) is 0 Å². The van der Waals surface area contributed by atoms with Crippen molar-refractivity contribution in [3.8, 4) is 17.6 Å². The van der Waals surface area contributed by atoms with Crippen LogP contribution in [0.3, 0.4) is 0 Å². The highest BCUT2D eigenvalue weighted by Crippen LogP contribution is 2.36. The first-order chi connectivity index (χ1) is 15.7. The lowest BCUT2D eigenvalue weighted by atomic mass is 9.83. The number of ketones is 1. The summed E-state index contributed by atoms with van der Waals surface area (Å²) >= 11 is 7.25. The molecule has 4 rings (SSSR count). The van der Waals surface area contributed by atoms with Crippen molar-refractivity contribution in [1.82, 2.24) is 24.7 Å². The molecule has 0 aliphatic carbocycles. The number of carboxylic acids is 1. The molecular weight excluding hydrogens is 466 g/mol. The number of rotatable bonds is 6. The van der Waals surface area contributed by atoms with Crippen molar-refractivity contribution in [3.05, 3.63) is 33.2 Å². The molecule has 1 aliphatic heterocycles. The number of Topliss-reactive ketones (excluding diaryl/α,β-unsaturated/α-hetero) is 1. The van der Waals surface area contributed by atoms with Gasteiger partial charge in [-0.3, -0.25) is 4.79 Å². The predicted molar refractivity (Wildman–Crippen MR) is 123 cm³/mol. The molecule has 33 heavy (non-hydrogen) atoms. The van der Waals surface area contributed by atoms with E-state index in [1.165, 1.54) is 11.0 Å². The summed E-state index contributed by atoms with van der Waals surface area (Å²) in [6.07, 6.45) is 2.41. The Hall–Kier alpha value is -3.23. The van der Waals surface area contributed by atoms with Crippen molar-refractivity contribution in [2.45, 2.75) is 26.7 Å². The first-order valence-corrected chi connectivity index (χ1v) is 11.6. The third-order valence-corrected chi connectivity index (χ3v) is 7.61. The van der Waals surface area contributed by atoms with Gasteiger partial charge in [-0.15, -0.1) is 0 Å². The molecule has 12 heteroatoms. The maximum atomic E-state index is 12.9. The minimum atomic E-state index is -1.06. The van der Waals surface area contributed by atoms with Gasteiger partial charge in [0.2, 0.25) is 0 Å². The Morgan fingerprint density at radius 3 is 2.82 bits per heavy atom. The molecule has 10 nitrogen and oxygen atoms in total. The summed E-state index contributed by atoms with van der Waals surface area (Å²) in [5.74, 6) is -0.496. The zero-order valence-corrected chi connectivity index (χ0v) is 19.9. The van der Waals surface area contributed by atoms with Crippen LogP contribution in [0.2, 0.25) is 5.02 Å². The van der Waals surface area contributed by atoms with E-state index >= 15 is 0 Å². The molecule has 3 aromatic heterocycles. The topological polar surface area (TPSA) is 141 Å². The van der Waals surface area contributed by atoms with Crippen LogP contribution in [-0.4, -0.2) is 54.7 Å². The number of H-pyrrole nitrogens is 1. The van der Waals surface area contributed by atoms with Gasteiger partial charge in [0.05, 0.1) is 10.6 Å². The summed E-state index contributed by atoms with van der Waals surface area (Å²) in [6.45, 7) is 5.08. The van der Waals surface area contributed by atoms with Crippen LogP contribution in [0.4, 0.5) is 5.13 Å². The lowest BCUT2D eigenvalue weighted by Crippen LogP contribution is -2.40. The molecule has 1 fully saturated rings. The Morgan fingerprint density at radius 2 is 2.21 bits per heavy atom. The number of nitrogens with zero attached hydrogens (tertiary/aromatic N) is 6. The summed E-state index contributed by atoms with van der Waals surface area (Å²) in [6, 6.07) is 2.02. The van der Waals surface area contributed by atoms with Crippen molar-refractivity contribution in [2.24, 2.45) is 18.9 Å². The average Bonchev–Trinajstić information content (AvgIpc) is 3.47.